The summed E-state index contributed by atoms with van der Waals surface area (Å²) in [6.45, 7) is 4.62. The average Bonchev–Trinajstić information content (AvgIpc) is 3.38. The number of nitrogens with two attached hydrogens (primary N) is 1. The van der Waals surface area contributed by atoms with Crippen LogP contribution in [0.15, 0.2) is 12.3 Å². The van der Waals surface area contributed by atoms with Crippen LogP contribution in [0.25, 0.3) is 5.65 Å². The number of nitrogens with zero attached hydrogens (tertiary/aromatic N) is 5. The zero-order chi connectivity index (χ0) is 21.5. The summed E-state index contributed by atoms with van der Waals surface area (Å²) in [5.74, 6) is 1.14. The number of likely N-dealkylation sites (tertiary alicyclic amines) is 1. The summed E-state index contributed by atoms with van der Waals surface area (Å²) >= 11 is 6.28. The number of aryl methyl sites for hydroxylation is 1. The summed E-state index contributed by atoms with van der Waals surface area (Å²) in [6, 6.07) is 2.05. The molecular formula is C22H32ClN7O. The predicted octanol–water partition coefficient (Wildman–Crippen LogP) is 2.34. The third-order valence-electron chi connectivity index (χ3n) is 6.91. The van der Waals surface area contributed by atoms with Crippen LogP contribution in [-0.4, -0.2) is 62.6 Å². The fraction of sp³-hybridized carbons (Fsp3) is 0.682. The Labute approximate surface area is 188 Å². The fourth-order valence-electron chi connectivity index (χ4n) is 5.27. The highest BCUT2D eigenvalue weighted by Gasteiger charge is 2.35. The third kappa shape index (κ3) is 4.13. The number of halogens is 1. The van der Waals surface area contributed by atoms with Crippen LogP contribution in [0.5, 0.6) is 0 Å². The Balaban J connectivity index is 1.42. The number of hydrogen-bond donors (Lipinski definition) is 2. The van der Waals surface area contributed by atoms with Crippen molar-refractivity contribution in [3.8, 4) is 0 Å². The van der Waals surface area contributed by atoms with Gasteiger partial charge in [-0.3, -0.25) is 10.1 Å². The average molecular weight is 446 g/mol. The molecule has 0 spiro atoms. The quantitative estimate of drug-likeness (QED) is 0.556. The first-order valence-electron chi connectivity index (χ1n) is 11.6. The standard InChI is InChI=1S/C22H32ClN7O/c1-14-12-30-20(26-21(14)28-10-8-15(24)13-28)11-17(27-30)18-6-2-3-9-29(18)22(31)16-5-4-7-19(23)25-16/h11-12,15-16,18-19,25H,2-10,13,24H2,1H3. The second-order valence-electron chi connectivity index (χ2n) is 9.28. The van der Waals surface area contributed by atoms with E-state index >= 15 is 0 Å². The molecular weight excluding hydrogens is 414 g/mol. The molecule has 31 heavy (non-hydrogen) atoms. The summed E-state index contributed by atoms with van der Waals surface area (Å²) in [7, 11) is 0. The minimum Gasteiger partial charge on any atom is -0.355 e. The Kier molecular flexibility index (Phi) is 5.79. The van der Waals surface area contributed by atoms with E-state index in [2.05, 4.69) is 17.1 Å². The van der Waals surface area contributed by atoms with Crippen LogP contribution in [0, 0.1) is 6.92 Å². The summed E-state index contributed by atoms with van der Waals surface area (Å²) in [5.41, 5.74) is 8.82. The highest BCUT2D eigenvalue weighted by atomic mass is 35.5. The topological polar surface area (TPSA) is 91.8 Å². The predicted molar refractivity (Wildman–Crippen MR) is 121 cm³/mol. The summed E-state index contributed by atoms with van der Waals surface area (Å²) in [4.78, 5) is 22.5. The number of carbonyl (C=O) groups excluding carboxylic acids is 1. The number of alkyl halides is 1. The van der Waals surface area contributed by atoms with Gasteiger partial charge in [-0.2, -0.15) is 5.10 Å². The van der Waals surface area contributed by atoms with Crippen LogP contribution in [0.1, 0.15) is 62.2 Å². The molecule has 5 heterocycles. The van der Waals surface area contributed by atoms with E-state index in [0.717, 1.165) is 87.3 Å². The van der Waals surface area contributed by atoms with Gasteiger partial charge in [-0.1, -0.05) is 0 Å². The van der Waals surface area contributed by atoms with E-state index in [1.807, 2.05) is 21.7 Å². The third-order valence-corrected chi connectivity index (χ3v) is 7.25. The Hall–Kier alpha value is -1.90. The van der Waals surface area contributed by atoms with Crippen LogP contribution in [-0.2, 0) is 4.79 Å². The van der Waals surface area contributed by atoms with Gasteiger partial charge in [0.15, 0.2) is 5.65 Å². The SMILES string of the molecule is Cc1cn2nc(C3CCCCN3C(=O)C3CCCC(Cl)N3)cc2nc1N1CCC(N)C1. The molecule has 2 aromatic heterocycles. The molecule has 3 saturated heterocycles. The maximum atomic E-state index is 13.3. The zero-order valence-corrected chi connectivity index (χ0v) is 18.9. The first kappa shape index (κ1) is 21.0. The van der Waals surface area contributed by atoms with Crippen LogP contribution in [0.4, 0.5) is 5.82 Å². The lowest BCUT2D eigenvalue weighted by atomic mass is 9.96. The maximum Gasteiger partial charge on any atom is 0.240 e. The van der Waals surface area contributed by atoms with Crippen LogP contribution < -0.4 is 16.0 Å². The van der Waals surface area contributed by atoms with E-state index in [0.29, 0.717) is 0 Å². The molecule has 0 bridgehead atoms. The van der Waals surface area contributed by atoms with Crippen molar-refractivity contribution >= 4 is 29.0 Å². The largest absolute Gasteiger partial charge is 0.355 e. The number of piperidine rings is 2. The number of aromatic nitrogens is 3. The monoisotopic (exact) mass is 445 g/mol. The summed E-state index contributed by atoms with van der Waals surface area (Å²) in [5, 5.41) is 8.13. The van der Waals surface area contributed by atoms with Crippen LogP contribution in [0.2, 0.25) is 0 Å². The zero-order valence-electron chi connectivity index (χ0n) is 18.1. The molecule has 0 aromatic carbocycles. The molecule has 4 unspecified atom stereocenters. The van der Waals surface area contributed by atoms with Crippen molar-refractivity contribution in [3.63, 3.8) is 0 Å². The van der Waals surface area contributed by atoms with Crippen molar-refractivity contribution in [2.45, 2.75) is 75.5 Å². The molecule has 0 aliphatic carbocycles. The van der Waals surface area contributed by atoms with Gasteiger partial charge in [0.1, 0.15) is 5.82 Å². The van der Waals surface area contributed by atoms with Crippen molar-refractivity contribution in [2.75, 3.05) is 24.5 Å². The van der Waals surface area contributed by atoms with E-state index in [1.54, 1.807) is 0 Å². The lowest BCUT2D eigenvalue weighted by Crippen LogP contribution is -2.52. The Morgan fingerprint density at radius 1 is 1.19 bits per heavy atom. The second kappa shape index (κ2) is 8.56. The second-order valence-corrected chi connectivity index (χ2v) is 9.80. The maximum absolute atomic E-state index is 13.3. The minimum absolute atomic E-state index is 0.00980. The molecule has 3 fully saturated rings. The molecule has 3 N–H and O–H groups in total. The Bertz CT molecular complexity index is 963. The summed E-state index contributed by atoms with van der Waals surface area (Å²) in [6.07, 6.45) is 8.84. The van der Waals surface area contributed by atoms with E-state index in [1.165, 1.54) is 0 Å². The molecule has 4 atom stereocenters. The van der Waals surface area contributed by atoms with Gasteiger partial charge in [-0.15, -0.1) is 11.6 Å². The van der Waals surface area contributed by atoms with E-state index in [-0.39, 0.29) is 29.5 Å². The van der Waals surface area contributed by atoms with Crippen molar-refractivity contribution in [2.24, 2.45) is 5.73 Å². The molecule has 9 heteroatoms. The molecule has 0 radical (unpaired) electrons. The van der Waals surface area contributed by atoms with Crippen molar-refractivity contribution < 1.29 is 4.79 Å². The smallest absolute Gasteiger partial charge is 0.240 e. The highest BCUT2D eigenvalue weighted by Crippen LogP contribution is 2.33. The van der Waals surface area contributed by atoms with Crippen LogP contribution in [0.3, 0.4) is 0 Å². The van der Waals surface area contributed by atoms with E-state index in [9.17, 15) is 4.79 Å². The first-order chi connectivity index (χ1) is 15.0. The van der Waals surface area contributed by atoms with E-state index < -0.39 is 0 Å². The van der Waals surface area contributed by atoms with Crippen molar-refractivity contribution in [1.29, 1.82) is 0 Å². The molecule has 8 nitrogen and oxygen atoms in total. The van der Waals surface area contributed by atoms with Crippen LogP contribution >= 0.6 is 11.6 Å². The van der Waals surface area contributed by atoms with Gasteiger partial charge in [0.2, 0.25) is 5.91 Å². The van der Waals surface area contributed by atoms with Gasteiger partial charge >= 0.3 is 0 Å². The Morgan fingerprint density at radius 3 is 2.84 bits per heavy atom. The minimum atomic E-state index is -0.194. The van der Waals surface area contributed by atoms with Crippen molar-refractivity contribution in [3.05, 3.63) is 23.5 Å². The number of anilines is 1. The van der Waals surface area contributed by atoms with Gasteiger partial charge in [-0.05, 0) is 51.9 Å². The Morgan fingerprint density at radius 2 is 2.06 bits per heavy atom. The molecule has 1 amide bonds. The molecule has 0 saturated carbocycles. The molecule has 5 rings (SSSR count). The van der Waals surface area contributed by atoms with Gasteiger partial charge in [-0.25, -0.2) is 9.50 Å². The lowest BCUT2D eigenvalue weighted by Gasteiger charge is -2.38. The van der Waals surface area contributed by atoms with Gasteiger partial charge < -0.3 is 15.5 Å². The number of amides is 1. The molecule has 3 aliphatic heterocycles. The van der Waals surface area contributed by atoms with E-state index in [4.69, 9.17) is 27.4 Å². The van der Waals surface area contributed by atoms with Gasteiger partial charge in [0, 0.05) is 43.5 Å². The van der Waals surface area contributed by atoms with Gasteiger partial charge in [0.05, 0.1) is 23.3 Å². The highest BCUT2D eigenvalue weighted by molar-refractivity contribution is 6.20. The summed E-state index contributed by atoms with van der Waals surface area (Å²) < 4.78 is 1.86. The fourth-order valence-corrected chi connectivity index (χ4v) is 5.57. The normalized spacial score (nSPS) is 29.6. The van der Waals surface area contributed by atoms with Gasteiger partial charge in [0.25, 0.3) is 0 Å². The number of hydrogen-bond acceptors (Lipinski definition) is 6. The number of rotatable bonds is 3. The molecule has 3 aliphatic rings. The number of fused-ring (bicyclic) bond motifs is 1. The molecule has 168 valence electrons. The first-order valence-corrected chi connectivity index (χ1v) is 12.0. The molecule has 2 aromatic rings. The number of carbonyl (C=O) groups is 1. The van der Waals surface area contributed by atoms with Crippen molar-refractivity contribution in [1.82, 2.24) is 24.8 Å². The lowest BCUT2D eigenvalue weighted by molar-refractivity contribution is -0.138. The number of nitrogens with one attached hydrogen (secondary N) is 1.